The molecule has 0 bridgehead atoms. The predicted octanol–water partition coefficient (Wildman–Crippen LogP) is 4.10. The second-order valence-electron chi connectivity index (χ2n) is 8.03. The first kappa shape index (κ1) is 18.2. The first-order chi connectivity index (χ1) is 14.4. The van der Waals surface area contributed by atoms with Gasteiger partial charge in [0.25, 0.3) is 0 Å². The lowest BCUT2D eigenvalue weighted by atomic mass is 9.95. The van der Waals surface area contributed by atoms with Gasteiger partial charge in [0.15, 0.2) is 0 Å². The molecule has 2 fully saturated rings. The summed E-state index contributed by atoms with van der Waals surface area (Å²) in [7, 11) is 0. The van der Waals surface area contributed by atoms with Gasteiger partial charge >= 0.3 is 0 Å². The van der Waals surface area contributed by atoms with Crippen LogP contribution in [0.15, 0.2) is 48.7 Å². The summed E-state index contributed by atoms with van der Waals surface area (Å²) in [6.07, 6.45) is 8.30. The van der Waals surface area contributed by atoms with E-state index in [0.29, 0.717) is 6.04 Å². The lowest BCUT2D eigenvalue weighted by molar-refractivity contribution is 0.462. The number of anilines is 3. The maximum absolute atomic E-state index is 4.99. The molecular formula is C23H28N6. The standard InChI is InChI=1S/C23H28N6/c1-2-8-18(9-3-1)25-22-19-10-4-5-11-20(19)26-23(27-22)29-16-14-28(15-17-29)21-12-6-7-13-24-21/h4-7,10-13,18H,1-3,8-9,14-17H2,(H,25,26,27). The van der Waals surface area contributed by atoms with Gasteiger partial charge in [-0.05, 0) is 37.1 Å². The van der Waals surface area contributed by atoms with Gasteiger partial charge in [0.05, 0.1) is 5.52 Å². The Morgan fingerprint density at radius 2 is 1.55 bits per heavy atom. The lowest BCUT2D eigenvalue weighted by Crippen LogP contribution is -2.47. The zero-order valence-corrected chi connectivity index (χ0v) is 16.8. The van der Waals surface area contributed by atoms with Crippen molar-refractivity contribution in [2.45, 2.75) is 38.1 Å². The molecule has 1 saturated heterocycles. The minimum Gasteiger partial charge on any atom is -0.367 e. The topological polar surface area (TPSA) is 57.2 Å². The molecule has 0 spiro atoms. The molecule has 3 aromatic rings. The quantitative estimate of drug-likeness (QED) is 0.726. The van der Waals surface area contributed by atoms with Crippen LogP contribution in [0.1, 0.15) is 32.1 Å². The van der Waals surface area contributed by atoms with Gasteiger partial charge in [-0.3, -0.25) is 0 Å². The van der Waals surface area contributed by atoms with Crippen LogP contribution in [-0.4, -0.2) is 47.2 Å². The Hall–Kier alpha value is -2.89. The Bertz CT molecular complexity index is 946. The summed E-state index contributed by atoms with van der Waals surface area (Å²) in [6.45, 7) is 3.66. The third kappa shape index (κ3) is 3.97. The molecule has 1 aliphatic carbocycles. The number of aromatic nitrogens is 3. The largest absolute Gasteiger partial charge is 0.367 e. The Kier molecular flexibility index (Phi) is 5.15. The van der Waals surface area contributed by atoms with Crippen LogP contribution in [-0.2, 0) is 0 Å². The fraction of sp³-hybridized carbons (Fsp3) is 0.435. The summed E-state index contributed by atoms with van der Waals surface area (Å²) in [6, 6.07) is 15.0. The first-order valence-corrected chi connectivity index (χ1v) is 10.8. The molecule has 6 nitrogen and oxygen atoms in total. The summed E-state index contributed by atoms with van der Waals surface area (Å²) in [5.74, 6) is 2.87. The predicted molar refractivity (Wildman–Crippen MR) is 119 cm³/mol. The normalized spacial score (nSPS) is 18.2. The summed E-state index contributed by atoms with van der Waals surface area (Å²) in [4.78, 5) is 19.0. The molecular weight excluding hydrogens is 360 g/mol. The molecule has 0 radical (unpaired) electrons. The second kappa shape index (κ2) is 8.23. The van der Waals surface area contributed by atoms with Crippen molar-refractivity contribution in [3.05, 3.63) is 48.7 Å². The Labute approximate surface area is 172 Å². The van der Waals surface area contributed by atoms with Gasteiger partial charge in [0, 0.05) is 43.8 Å². The van der Waals surface area contributed by atoms with Crippen molar-refractivity contribution >= 4 is 28.5 Å². The number of rotatable bonds is 4. The number of nitrogens with zero attached hydrogens (tertiary/aromatic N) is 5. The smallest absolute Gasteiger partial charge is 0.228 e. The van der Waals surface area contributed by atoms with Crippen molar-refractivity contribution in [1.82, 2.24) is 15.0 Å². The van der Waals surface area contributed by atoms with Gasteiger partial charge < -0.3 is 15.1 Å². The molecule has 5 rings (SSSR count). The number of para-hydroxylation sites is 1. The molecule has 0 atom stereocenters. The number of piperazine rings is 1. The van der Waals surface area contributed by atoms with E-state index in [1.807, 2.05) is 18.3 Å². The summed E-state index contributed by atoms with van der Waals surface area (Å²) >= 11 is 0. The van der Waals surface area contributed by atoms with E-state index >= 15 is 0 Å². The van der Waals surface area contributed by atoms with Crippen LogP contribution >= 0.6 is 0 Å². The Balaban J connectivity index is 1.37. The van der Waals surface area contributed by atoms with Crippen LogP contribution < -0.4 is 15.1 Å². The van der Waals surface area contributed by atoms with E-state index in [2.05, 4.69) is 50.4 Å². The van der Waals surface area contributed by atoms with Crippen molar-refractivity contribution < 1.29 is 0 Å². The van der Waals surface area contributed by atoms with Crippen LogP contribution in [0.3, 0.4) is 0 Å². The van der Waals surface area contributed by atoms with E-state index in [9.17, 15) is 0 Å². The highest BCUT2D eigenvalue weighted by Gasteiger charge is 2.22. The first-order valence-electron chi connectivity index (χ1n) is 10.8. The van der Waals surface area contributed by atoms with Gasteiger partial charge in [-0.25, -0.2) is 9.97 Å². The molecule has 2 aromatic heterocycles. The summed E-state index contributed by atoms with van der Waals surface area (Å²) in [5.41, 5.74) is 1.02. The van der Waals surface area contributed by atoms with E-state index in [1.165, 1.54) is 32.1 Å². The lowest BCUT2D eigenvalue weighted by Gasteiger charge is -2.35. The van der Waals surface area contributed by atoms with Crippen LogP contribution in [0.25, 0.3) is 10.9 Å². The molecule has 1 aliphatic heterocycles. The average Bonchev–Trinajstić information content (AvgIpc) is 2.80. The molecule has 0 amide bonds. The number of fused-ring (bicyclic) bond motifs is 1. The maximum Gasteiger partial charge on any atom is 0.228 e. The number of benzene rings is 1. The summed E-state index contributed by atoms with van der Waals surface area (Å²) < 4.78 is 0. The molecule has 29 heavy (non-hydrogen) atoms. The zero-order valence-electron chi connectivity index (χ0n) is 16.8. The van der Waals surface area contributed by atoms with Gasteiger partial charge in [-0.2, -0.15) is 4.98 Å². The van der Waals surface area contributed by atoms with Gasteiger partial charge in [0.2, 0.25) is 5.95 Å². The number of nitrogens with one attached hydrogen (secondary N) is 1. The Morgan fingerprint density at radius 1 is 0.793 bits per heavy atom. The summed E-state index contributed by atoms with van der Waals surface area (Å²) in [5, 5.41) is 4.86. The molecule has 6 heteroatoms. The van der Waals surface area contributed by atoms with E-state index in [-0.39, 0.29) is 0 Å². The molecule has 1 N–H and O–H groups in total. The minimum atomic E-state index is 0.524. The van der Waals surface area contributed by atoms with E-state index in [0.717, 1.165) is 54.7 Å². The number of hydrogen-bond acceptors (Lipinski definition) is 6. The van der Waals surface area contributed by atoms with Crippen molar-refractivity contribution in [2.75, 3.05) is 41.3 Å². The van der Waals surface area contributed by atoms with Crippen LogP contribution in [0.4, 0.5) is 17.6 Å². The van der Waals surface area contributed by atoms with Gasteiger partial charge in [-0.1, -0.05) is 37.5 Å². The SMILES string of the molecule is c1ccc(N2CCN(c3nc(NC4CCCCC4)c4ccccc4n3)CC2)nc1. The van der Waals surface area contributed by atoms with Crippen molar-refractivity contribution in [3.63, 3.8) is 0 Å². The van der Waals surface area contributed by atoms with E-state index < -0.39 is 0 Å². The van der Waals surface area contributed by atoms with Gasteiger partial charge in [0.1, 0.15) is 11.6 Å². The monoisotopic (exact) mass is 388 g/mol. The van der Waals surface area contributed by atoms with Crippen molar-refractivity contribution in [2.24, 2.45) is 0 Å². The third-order valence-corrected chi connectivity index (χ3v) is 6.07. The second-order valence-corrected chi connectivity index (χ2v) is 8.03. The number of hydrogen-bond donors (Lipinski definition) is 1. The van der Waals surface area contributed by atoms with Crippen LogP contribution in [0.5, 0.6) is 0 Å². The fourth-order valence-corrected chi connectivity index (χ4v) is 4.43. The average molecular weight is 389 g/mol. The van der Waals surface area contributed by atoms with Crippen molar-refractivity contribution in [3.8, 4) is 0 Å². The number of pyridine rings is 1. The van der Waals surface area contributed by atoms with Gasteiger partial charge in [-0.15, -0.1) is 0 Å². The molecule has 1 aromatic carbocycles. The molecule has 1 saturated carbocycles. The van der Waals surface area contributed by atoms with Crippen LogP contribution in [0, 0.1) is 0 Å². The molecule has 3 heterocycles. The van der Waals surface area contributed by atoms with E-state index in [4.69, 9.17) is 9.97 Å². The Morgan fingerprint density at radius 3 is 2.34 bits per heavy atom. The van der Waals surface area contributed by atoms with Crippen molar-refractivity contribution in [1.29, 1.82) is 0 Å². The highest BCUT2D eigenvalue weighted by atomic mass is 15.3. The third-order valence-electron chi connectivity index (χ3n) is 6.07. The minimum absolute atomic E-state index is 0.524. The molecule has 2 aliphatic rings. The van der Waals surface area contributed by atoms with Crippen LogP contribution in [0.2, 0.25) is 0 Å². The zero-order chi connectivity index (χ0) is 19.5. The highest BCUT2D eigenvalue weighted by molar-refractivity contribution is 5.90. The fourth-order valence-electron chi connectivity index (χ4n) is 4.43. The van der Waals surface area contributed by atoms with E-state index in [1.54, 1.807) is 0 Å². The molecule has 0 unspecified atom stereocenters. The molecule has 150 valence electrons. The maximum atomic E-state index is 4.99. The highest BCUT2D eigenvalue weighted by Crippen LogP contribution is 2.28.